The van der Waals surface area contributed by atoms with Gasteiger partial charge < -0.3 is 5.32 Å². The van der Waals surface area contributed by atoms with Crippen LogP contribution < -0.4 is 5.32 Å². The maximum Gasteiger partial charge on any atom is 0.273 e. The number of hydrogen-bond donors (Lipinski definition) is 1. The summed E-state index contributed by atoms with van der Waals surface area (Å²) in [6.45, 7) is 2.21. The lowest BCUT2D eigenvalue weighted by Crippen LogP contribution is -2.18. The summed E-state index contributed by atoms with van der Waals surface area (Å²) in [6, 6.07) is 11.0. The molecule has 0 amide bonds. The Bertz CT molecular complexity index is 664. The van der Waals surface area contributed by atoms with Crippen LogP contribution in [0.1, 0.15) is 24.1 Å². The van der Waals surface area contributed by atoms with Crippen molar-refractivity contribution >= 4 is 21.6 Å². The van der Waals surface area contributed by atoms with Crippen LogP contribution in [0.25, 0.3) is 0 Å². The topological polar surface area (TPSA) is 55.2 Å². The highest BCUT2D eigenvalue weighted by molar-refractivity contribution is 9.10. The van der Waals surface area contributed by atoms with E-state index in [-0.39, 0.29) is 17.5 Å². The minimum absolute atomic E-state index is 0.0668. The van der Waals surface area contributed by atoms with Crippen molar-refractivity contribution in [3.05, 3.63) is 74.0 Å². The van der Waals surface area contributed by atoms with E-state index in [9.17, 15) is 14.5 Å². The zero-order valence-electron chi connectivity index (χ0n) is 11.3. The fourth-order valence-corrected chi connectivity index (χ4v) is 2.44. The van der Waals surface area contributed by atoms with E-state index in [1.54, 1.807) is 18.2 Å². The average molecular weight is 353 g/mol. The van der Waals surface area contributed by atoms with E-state index in [4.69, 9.17) is 0 Å². The quantitative estimate of drug-likeness (QED) is 0.642. The van der Waals surface area contributed by atoms with Gasteiger partial charge in [0, 0.05) is 28.7 Å². The Morgan fingerprint density at radius 2 is 2.10 bits per heavy atom. The van der Waals surface area contributed by atoms with Gasteiger partial charge in [-0.05, 0) is 36.8 Å². The van der Waals surface area contributed by atoms with Gasteiger partial charge in [-0.25, -0.2) is 4.39 Å². The normalized spacial score (nSPS) is 12.1. The first kappa shape index (κ1) is 15.6. The molecule has 2 rings (SSSR count). The predicted octanol–water partition coefficient (Wildman–Crippen LogP) is 4.35. The van der Waals surface area contributed by atoms with E-state index >= 15 is 0 Å². The third-order valence-corrected chi connectivity index (χ3v) is 3.68. The minimum Gasteiger partial charge on any atom is -0.306 e. The van der Waals surface area contributed by atoms with E-state index in [1.807, 2.05) is 13.0 Å². The van der Waals surface area contributed by atoms with Crippen molar-refractivity contribution in [2.24, 2.45) is 0 Å². The fourth-order valence-electron chi connectivity index (χ4n) is 2.03. The second kappa shape index (κ2) is 6.78. The van der Waals surface area contributed by atoms with E-state index in [0.29, 0.717) is 12.1 Å². The summed E-state index contributed by atoms with van der Waals surface area (Å²) in [7, 11) is 0. The van der Waals surface area contributed by atoms with Gasteiger partial charge in [0.25, 0.3) is 5.69 Å². The molecule has 2 aromatic rings. The number of nitro groups is 1. The van der Waals surface area contributed by atoms with E-state index in [1.165, 1.54) is 18.2 Å². The number of rotatable bonds is 5. The van der Waals surface area contributed by atoms with Gasteiger partial charge in [0.1, 0.15) is 5.82 Å². The molecule has 0 saturated carbocycles. The smallest absolute Gasteiger partial charge is 0.273 e. The van der Waals surface area contributed by atoms with Crippen molar-refractivity contribution in [3.63, 3.8) is 0 Å². The lowest BCUT2D eigenvalue weighted by molar-refractivity contribution is -0.385. The number of hydrogen-bond acceptors (Lipinski definition) is 3. The zero-order valence-corrected chi connectivity index (χ0v) is 12.9. The molecule has 4 nitrogen and oxygen atoms in total. The van der Waals surface area contributed by atoms with Crippen molar-refractivity contribution in [1.82, 2.24) is 5.32 Å². The molecular weight excluding hydrogens is 339 g/mol. The Balaban J connectivity index is 2.12. The van der Waals surface area contributed by atoms with Gasteiger partial charge in [0.05, 0.1) is 4.92 Å². The van der Waals surface area contributed by atoms with Crippen LogP contribution in [0.4, 0.5) is 10.1 Å². The molecule has 1 atom stereocenters. The predicted molar refractivity (Wildman–Crippen MR) is 82.5 cm³/mol. The molecule has 0 heterocycles. The van der Waals surface area contributed by atoms with Gasteiger partial charge in [-0.3, -0.25) is 10.1 Å². The Hall–Kier alpha value is -1.79. The number of nitro benzene ring substituents is 1. The highest BCUT2D eigenvalue weighted by Gasteiger charge is 2.15. The summed E-state index contributed by atoms with van der Waals surface area (Å²) in [5, 5.41) is 14.2. The first-order valence-corrected chi connectivity index (χ1v) is 7.18. The maximum atomic E-state index is 13.2. The molecule has 0 aliphatic heterocycles. The molecule has 0 aliphatic carbocycles. The Morgan fingerprint density at radius 1 is 1.33 bits per heavy atom. The molecular formula is C15H14BrFN2O2. The SMILES string of the molecule is CC(NCc1cc(Br)ccc1[N+](=O)[O-])c1cccc(F)c1. The van der Waals surface area contributed by atoms with Crippen molar-refractivity contribution in [2.75, 3.05) is 0 Å². The zero-order chi connectivity index (χ0) is 15.4. The van der Waals surface area contributed by atoms with Crippen LogP contribution in [-0.2, 0) is 6.54 Å². The third-order valence-electron chi connectivity index (χ3n) is 3.19. The largest absolute Gasteiger partial charge is 0.306 e. The summed E-state index contributed by atoms with van der Waals surface area (Å²) in [4.78, 5) is 10.6. The van der Waals surface area contributed by atoms with E-state index in [2.05, 4.69) is 21.2 Å². The van der Waals surface area contributed by atoms with Crippen LogP contribution in [0.2, 0.25) is 0 Å². The number of benzene rings is 2. The molecule has 1 N–H and O–H groups in total. The molecule has 2 aromatic carbocycles. The van der Waals surface area contributed by atoms with Gasteiger partial charge in [0.2, 0.25) is 0 Å². The second-order valence-corrected chi connectivity index (χ2v) is 5.60. The van der Waals surface area contributed by atoms with Crippen LogP contribution in [0.15, 0.2) is 46.9 Å². The minimum atomic E-state index is -0.406. The Morgan fingerprint density at radius 3 is 2.76 bits per heavy atom. The molecule has 1 unspecified atom stereocenters. The Kier molecular flexibility index (Phi) is 5.03. The molecule has 0 saturated heterocycles. The molecule has 0 aromatic heterocycles. The van der Waals surface area contributed by atoms with E-state index in [0.717, 1.165) is 10.0 Å². The van der Waals surface area contributed by atoms with Gasteiger partial charge in [0.15, 0.2) is 0 Å². The molecule has 0 bridgehead atoms. The average Bonchev–Trinajstić information content (AvgIpc) is 2.44. The van der Waals surface area contributed by atoms with E-state index < -0.39 is 4.92 Å². The summed E-state index contributed by atoms with van der Waals surface area (Å²) < 4.78 is 14.0. The van der Waals surface area contributed by atoms with Crippen molar-refractivity contribution in [3.8, 4) is 0 Å². The van der Waals surface area contributed by atoms with Crippen molar-refractivity contribution in [1.29, 1.82) is 0 Å². The number of nitrogens with zero attached hydrogens (tertiary/aromatic N) is 1. The van der Waals surface area contributed by atoms with Gasteiger partial charge in [-0.1, -0.05) is 28.1 Å². The molecule has 6 heteroatoms. The van der Waals surface area contributed by atoms with Gasteiger partial charge in [-0.2, -0.15) is 0 Å². The maximum absolute atomic E-state index is 13.2. The molecule has 0 radical (unpaired) electrons. The van der Waals surface area contributed by atoms with Crippen LogP contribution in [0.5, 0.6) is 0 Å². The lowest BCUT2D eigenvalue weighted by Gasteiger charge is -2.14. The summed E-state index contributed by atoms with van der Waals surface area (Å²) >= 11 is 3.31. The highest BCUT2D eigenvalue weighted by Crippen LogP contribution is 2.24. The van der Waals surface area contributed by atoms with Crippen LogP contribution in [-0.4, -0.2) is 4.92 Å². The first-order chi connectivity index (χ1) is 9.97. The summed E-state index contributed by atoms with van der Waals surface area (Å²) in [6.07, 6.45) is 0. The van der Waals surface area contributed by atoms with Crippen LogP contribution in [0.3, 0.4) is 0 Å². The molecule has 110 valence electrons. The van der Waals surface area contributed by atoms with Gasteiger partial charge >= 0.3 is 0 Å². The molecule has 21 heavy (non-hydrogen) atoms. The Labute approximate surface area is 130 Å². The second-order valence-electron chi connectivity index (χ2n) is 4.69. The monoisotopic (exact) mass is 352 g/mol. The summed E-state index contributed by atoms with van der Waals surface area (Å²) in [5.41, 5.74) is 1.45. The fraction of sp³-hybridized carbons (Fsp3) is 0.200. The highest BCUT2D eigenvalue weighted by atomic mass is 79.9. The first-order valence-electron chi connectivity index (χ1n) is 6.39. The summed E-state index contributed by atoms with van der Waals surface area (Å²) in [5.74, 6) is -0.297. The number of nitrogens with one attached hydrogen (secondary N) is 1. The van der Waals surface area contributed by atoms with Crippen LogP contribution >= 0.6 is 15.9 Å². The third kappa shape index (κ3) is 4.09. The van der Waals surface area contributed by atoms with Crippen molar-refractivity contribution in [2.45, 2.75) is 19.5 Å². The molecule has 0 fully saturated rings. The van der Waals surface area contributed by atoms with Crippen LogP contribution in [0, 0.1) is 15.9 Å². The molecule has 0 spiro atoms. The standard InChI is InChI=1S/C15H14BrFN2O2/c1-10(11-3-2-4-14(17)8-11)18-9-12-7-13(16)5-6-15(12)19(20)21/h2-8,10,18H,9H2,1H3. The number of halogens is 2. The molecule has 0 aliphatic rings. The lowest BCUT2D eigenvalue weighted by atomic mass is 10.1. The van der Waals surface area contributed by atoms with Crippen molar-refractivity contribution < 1.29 is 9.31 Å². The van der Waals surface area contributed by atoms with Gasteiger partial charge in [-0.15, -0.1) is 0 Å².